The van der Waals surface area contributed by atoms with Gasteiger partial charge < -0.3 is 5.32 Å². The van der Waals surface area contributed by atoms with Crippen molar-refractivity contribution in [3.63, 3.8) is 0 Å². The van der Waals surface area contributed by atoms with Gasteiger partial charge in [-0.05, 0) is 63.3 Å². The lowest BCUT2D eigenvalue weighted by Crippen LogP contribution is -2.67. The van der Waals surface area contributed by atoms with Gasteiger partial charge in [-0.1, -0.05) is 11.6 Å². The maximum atomic E-state index is 13.5. The molecule has 1 atom stereocenters. The van der Waals surface area contributed by atoms with E-state index in [-0.39, 0.29) is 16.9 Å². The lowest BCUT2D eigenvalue weighted by Gasteiger charge is -2.51. The third-order valence-electron chi connectivity index (χ3n) is 5.15. The van der Waals surface area contributed by atoms with E-state index in [4.69, 9.17) is 11.6 Å². The van der Waals surface area contributed by atoms with Gasteiger partial charge in [0.1, 0.15) is 5.82 Å². The van der Waals surface area contributed by atoms with Crippen LogP contribution in [0, 0.1) is 11.7 Å². The van der Waals surface area contributed by atoms with E-state index >= 15 is 0 Å². The summed E-state index contributed by atoms with van der Waals surface area (Å²) < 4.78 is 13.5. The molecule has 4 heteroatoms. The van der Waals surface area contributed by atoms with Crippen molar-refractivity contribution in [1.29, 1.82) is 0 Å². The number of piperazine rings is 1. The lowest BCUT2D eigenvalue weighted by atomic mass is 9.86. The highest BCUT2D eigenvalue weighted by Gasteiger charge is 2.48. The van der Waals surface area contributed by atoms with Crippen LogP contribution >= 0.6 is 11.6 Å². The van der Waals surface area contributed by atoms with Crippen LogP contribution in [0.5, 0.6) is 0 Å². The van der Waals surface area contributed by atoms with Gasteiger partial charge in [0.15, 0.2) is 0 Å². The minimum absolute atomic E-state index is 0.0457. The molecule has 1 N–H and O–H groups in total. The second kappa shape index (κ2) is 5.22. The number of nitrogens with zero attached hydrogens (tertiary/aromatic N) is 1. The van der Waals surface area contributed by atoms with E-state index in [9.17, 15) is 4.39 Å². The molecule has 1 saturated heterocycles. The predicted octanol–water partition coefficient (Wildman–Crippen LogP) is 3.83. The highest BCUT2D eigenvalue weighted by atomic mass is 35.5. The van der Waals surface area contributed by atoms with Gasteiger partial charge in [-0.2, -0.15) is 0 Å². The molecule has 2 fully saturated rings. The van der Waals surface area contributed by atoms with E-state index in [0.717, 1.165) is 24.6 Å². The summed E-state index contributed by atoms with van der Waals surface area (Å²) in [7, 11) is 0. The van der Waals surface area contributed by atoms with E-state index < -0.39 is 0 Å². The zero-order valence-electron chi connectivity index (χ0n) is 13.0. The van der Waals surface area contributed by atoms with E-state index in [1.807, 2.05) is 0 Å². The van der Waals surface area contributed by atoms with Crippen molar-refractivity contribution in [3.8, 4) is 0 Å². The van der Waals surface area contributed by atoms with Gasteiger partial charge >= 0.3 is 0 Å². The van der Waals surface area contributed by atoms with Gasteiger partial charge in [0.05, 0.1) is 0 Å². The Balaban J connectivity index is 1.82. The minimum atomic E-state index is -0.215. The summed E-state index contributed by atoms with van der Waals surface area (Å²) in [5, 5.41) is 4.39. The first-order valence-electron chi connectivity index (χ1n) is 7.74. The Bertz CT molecular complexity index is 542. The summed E-state index contributed by atoms with van der Waals surface area (Å²) in [6, 6.07) is 4.64. The van der Waals surface area contributed by atoms with Crippen LogP contribution in [0.25, 0.3) is 0 Å². The first-order chi connectivity index (χ1) is 9.80. The van der Waals surface area contributed by atoms with Crippen molar-refractivity contribution in [3.05, 3.63) is 34.6 Å². The average molecular weight is 311 g/mol. The number of halogens is 2. The van der Waals surface area contributed by atoms with Crippen LogP contribution in [0.1, 0.15) is 39.2 Å². The summed E-state index contributed by atoms with van der Waals surface area (Å²) in [4.78, 5) is 2.45. The van der Waals surface area contributed by atoms with Gasteiger partial charge in [-0.15, -0.1) is 0 Å². The number of benzene rings is 1. The summed E-state index contributed by atoms with van der Waals surface area (Å²) in [6.45, 7) is 9.43. The largest absolute Gasteiger partial charge is 0.308 e. The topological polar surface area (TPSA) is 15.3 Å². The fraction of sp³-hybridized carbons (Fsp3) is 0.647. The SMILES string of the molecule is CC1(C2CC2)CN(Cc2cc(F)ccc2Cl)C(C)(C)CN1. The first-order valence-corrected chi connectivity index (χ1v) is 8.12. The summed E-state index contributed by atoms with van der Waals surface area (Å²) in [5.74, 6) is 0.561. The molecule has 116 valence electrons. The molecule has 3 rings (SSSR count). The van der Waals surface area contributed by atoms with Crippen LogP contribution in [0.3, 0.4) is 0 Å². The Morgan fingerprint density at radius 3 is 2.71 bits per heavy atom. The van der Waals surface area contributed by atoms with Crippen molar-refractivity contribution in [2.75, 3.05) is 13.1 Å². The van der Waals surface area contributed by atoms with E-state index in [1.165, 1.54) is 18.9 Å². The van der Waals surface area contributed by atoms with Gasteiger partial charge in [-0.25, -0.2) is 4.39 Å². The molecular formula is C17H24ClFN2. The smallest absolute Gasteiger partial charge is 0.123 e. The maximum Gasteiger partial charge on any atom is 0.123 e. The van der Waals surface area contributed by atoms with Crippen LogP contribution < -0.4 is 5.32 Å². The van der Waals surface area contributed by atoms with E-state index in [2.05, 4.69) is 31.0 Å². The number of nitrogens with one attached hydrogen (secondary N) is 1. The summed E-state index contributed by atoms with van der Waals surface area (Å²) in [5.41, 5.74) is 1.10. The van der Waals surface area contributed by atoms with Crippen molar-refractivity contribution < 1.29 is 4.39 Å². The number of rotatable bonds is 3. The summed E-state index contributed by atoms with van der Waals surface area (Å²) in [6.07, 6.45) is 2.64. The van der Waals surface area contributed by atoms with E-state index in [1.54, 1.807) is 12.1 Å². The predicted molar refractivity (Wildman–Crippen MR) is 85.0 cm³/mol. The molecule has 0 bridgehead atoms. The second-order valence-electron chi connectivity index (χ2n) is 7.45. The third-order valence-corrected chi connectivity index (χ3v) is 5.52. The molecular weight excluding hydrogens is 287 g/mol. The van der Waals surface area contributed by atoms with Gasteiger partial charge in [0, 0.05) is 35.7 Å². The standard InChI is InChI=1S/C17H24ClFN2/c1-16(2)10-20-17(3,13-4-5-13)11-21(16)9-12-8-14(19)6-7-15(12)18/h6-8,13,20H,4-5,9-11H2,1-3H3. The molecule has 1 aliphatic carbocycles. The number of hydrogen-bond donors (Lipinski definition) is 1. The minimum Gasteiger partial charge on any atom is -0.308 e. The van der Waals surface area contributed by atoms with Gasteiger partial charge in [0.2, 0.25) is 0 Å². The zero-order valence-corrected chi connectivity index (χ0v) is 13.8. The molecule has 2 nitrogen and oxygen atoms in total. The molecule has 0 radical (unpaired) electrons. The molecule has 1 aromatic rings. The van der Waals surface area contributed by atoms with Crippen molar-refractivity contribution in [2.45, 2.75) is 51.2 Å². The zero-order chi connectivity index (χ0) is 15.3. The van der Waals surface area contributed by atoms with Crippen LogP contribution in [0.15, 0.2) is 18.2 Å². The second-order valence-corrected chi connectivity index (χ2v) is 7.86. The van der Waals surface area contributed by atoms with Crippen LogP contribution in [0.4, 0.5) is 4.39 Å². The molecule has 1 aliphatic heterocycles. The Labute approximate surface area is 131 Å². The average Bonchev–Trinajstić information content (AvgIpc) is 3.24. The Kier molecular flexibility index (Phi) is 3.79. The van der Waals surface area contributed by atoms with Crippen molar-refractivity contribution >= 4 is 11.6 Å². The molecule has 0 aromatic heterocycles. The Hall–Kier alpha value is -0.640. The van der Waals surface area contributed by atoms with E-state index in [0.29, 0.717) is 11.6 Å². The van der Waals surface area contributed by atoms with Crippen LogP contribution in [0.2, 0.25) is 5.02 Å². The third kappa shape index (κ3) is 3.10. The van der Waals surface area contributed by atoms with Crippen LogP contribution in [-0.4, -0.2) is 29.1 Å². The Morgan fingerprint density at radius 1 is 1.33 bits per heavy atom. The normalized spacial score (nSPS) is 29.6. The van der Waals surface area contributed by atoms with Crippen molar-refractivity contribution in [2.24, 2.45) is 5.92 Å². The van der Waals surface area contributed by atoms with Gasteiger partial charge in [0.25, 0.3) is 0 Å². The molecule has 1 unspecified atom stereocenters. The molecule has 1 aromatic carbocycles. The van der Waals surface area contributed by atoms with Crippen LogP contribution in [-0.2, 0) is 6.54 Å². The fourth-order valence-corrected chi connectivity index (χ4v) is 3.51. The molecule has 2 aliphatic rings. The number of hydrogen-bond acceptors (Lipinski definition) is 2. The highest BCUT2D eigenvalue weighted by molar-refractivity contribution is 6.31. The lowest BCUT2D eigenvalue weighted by molar-refractivity contribution is 0.0178. The Morgan fingerprint density at radius 2 is 2.05 bits per heavy atom. The molecule has 1 saturated carbocycles. The highest BCUT2D eigenvalue weighted by Crippen LogP contribution is 2.43. The van der Waals surface area contributed by atoms with Crippen molar-refractivity contribution in [1.82, 2.24) is 10.2 Å². The quantitative estimate of drug-likeness (QED) is 0.912. The first kappa shape index (κ1) is 15.3. The molecule has 0 spiro atoms. The molecule has 0 amide bonds. The molecule has 1 heterocycles. The monoisotopic (exact) mass is 310 g/mol. The summed E-state index contributed by atoms with van der Waals surface area (Å²) >= 11 is 6.25. The molecule has 21 heavy (non-hydrogen) atoms. The van der Waals surface area contributed by atoms with Gasteiger partial charge in [-0.3, -0.25) is 4.90 Å². The maximum absolute atomic E-state index is 13.5. The fourth-order valence-electron chi connectivity index (χ4n) is 3.33.